The number of hydrogen-bond acceptors (Lipinski definition) is 3. The molecule has 1 aliphatic carbocycles. The van der Waals surface area contributed by atoms with Crippen molar-refractivity contribution in [3.63, 3.8) is 0 Å². The van der Waals surface area contributed by atoms with Gasteiger partial charge in [0, 0.05) is 0 Å². The van der Waals surface area contributed by atoms with Crippen LogP contribution >= 0.6 is 0 Å². The van der Waals surface area contributed by atoms with E-state index in [4.69, 9.17) is 10.8 Å². The van der Waals surface area contributed by atoms with Crippen molar-refractivity contribution >= 4 is 5.78 Å². The lowest BCUT2D eigenvalue weighted by Crippen LogP contribution is -2.29. The second-order valence-electron chi connectivity index (χ2n) is 2.16. The first-order valence-electron chi connectivity index (χ1n) is 2.65. The van der Waals surface area contributed by atoms with Crippen molar-refractivity contribution in [1.82, 2.24) is 0 Å². The van der Waals surface area contributed by atoms with E-state index in [1.807, 2.05) is 0 Å². The molecule has 0 atom stereocenters. The number of Topliss-reactive ketones (excluding diaryl/α,β-unsaturated/α-hetero) is 1. The Labute approximate surface area is 47.5 Å². The molecule has 1 aliphatic rings. The molecule has 0 amide bonds. The molecule has 0 radical (unpaired) electrons. The summed E-state index contributed by atoms with van der Waals surface area (Å²) in [5, 5.41) is 8.97. The Balaban J connectivity index is 2.46. The fourth-order valence-corrected chi connectivity index (χ4v) is 0.587. The Morgan fingerprint density at radius 1 is 1.75 bits per heavy atom. The van der Waals surface area contributed by atoms with Crippen LogP contribution in [0.5, 0.6) is 0 Å². The molecule has 0 spiro atoms. The number of carbonyl (C=O) groups excluding carboxylic acids is 1. The average molecular weight is 115 g/mol. The highest BCUT2D eigenvalue weighted by Crippen LogP contribution is 2.35. The molecule has 8 heavy (non-hydrogen) atoms. The quantitative estimate of drug-likeness (QED) is 0.487. The molecular weight excluding hydrogens is 106 g/mol. The monoisotopic (exact) mass is 115 g/mol. The maximum absolute atomic E-state index is 10.5. The van der Waals surface area contributed by atoms with Gasteiger partial charge in [0.25, 0.3) is 0 Å². The lowest BCUT2D eigenvalue weighted by molar-refractivity contribution is -0.127. The third kappa shape index (κ3) is 0.743. The second-order valence-corrected chi connectivity index (χ2v) is 2.16. The van der Waals surface area contributed by atoms with Gasteiger partial charge in [-0.15, -0.1) is 0 Å². The van der Waals surface area contributed by atoms with Gasteiger partial charge in [-0.1, -0.05) is 0 Å². The fourth-order valence-electron chi connectivity index (χ4n) is 0.587. The minimum Gasteiger partial charge on any atom is -0.382 e. The average Bonchev–Trinajstić information content (AvgIpc) is 2.47. The van der Waals surface area contributed by atoms with Crippen LogP contribution in [0, 0.1) is 0 Å². The van der Waals surface area contributed by atoms with Crippen LogP contribution in [0.2, 0.25) is 0 Å². The van der Waals surface area contributed by atoms with Gasteiger partial charge in [0.05, 0.1) is 6.54 Å². The minimum atomic E-state index is -1.01. The van der Waals surface area contributed by atoms with Gasteiger partial charge < -0.3 is 10.8 Å². The number of hydrogen-bond donors (Lipinski definition) is 2. The van der Waals surface area contributed by atoms with E-state index in [0.29, 0.717) is 12.8 Å². The predicted molar refractivity (Wildman–Crippen MR) is 28.2 cm³/mol. The smallest absolute Gasteiger partial charge is 0.177 e. The van der Waals surface area contributed by atoms with Gasteiger partial charge in [-0.25, -0.2) is 0 Å². The van der Waals surface area contributed by atoms with Gasteiger partial charge in [0.1, 0.15) is 5.60 Å². The first kappa shape index (κ1) is 5.72. The molecule has 1 saturated carbocycles. The van der Waals surface area contributed by atoms with Crippen LogP contribution in [0.25, 0.3) is 0 Å². The first-order chi connectivity index (χ1) is 3.69. The van der Waals surface area contributed by atoms with Crippen molar-refractivity contribution in [2.24, 2.45) is 5.73 Å². The number of carbonyl (C=O) groups is 1. The summed E-state index contributed by atoms with van der Waals surface area (Å²) in [6.45, 7) is -0.0313. The van der Waals surface area contributed by atoms with Crippen LogP contribution in [-0.4, -0.2) is 23.0 Å². The molecule has 1 rings (SSSR count). The third-order valence-corrected chi connectivity index (χ3v) is 1.43. The van der Waals surface area contributed by atoms with E-state index >= 15 is 0 Å². The highest BCUT2D eigenvalue weighted by atomic mass is 16.3. The summed E-state index contributed by atoms with van der Waals surface area (Å²) in [6.07, 6.45) is 1.20. The van der Waals surface area contributed by atoms with Crippen molar-refractivity contribution in [1.29, 1.82) is 0 Å². The summed E-state index contributed by atoms with van der Waals surface area (Å²) < 4.78 is 0. The van der Waals surface area contributed by atoms with Crippen LogP contribution in [0.15, 0.2) is 0 Å². The van der Waals surface area contributed by atoms with E-state index in [1.165, 1.54) is 0 Å². The molecule has 3 N–H and O–H groups in total. The zero-order valence-corrected chi connectivity index (χ0v) is 4.55. The molecule has 0 aromatic rings. The van der Waals surface area contributed by atoms with Crippen molar-refractivity contribution in [2.45, 2.75) is 18.4 Å². The topological polar surface area (TPSA) is 63.3 Å². The molecule has 0 aromatic carbocycles. The van der Waals surface area contributed by atoms with Gasteiger partial charge in [-0.3, -0.25) is 4.79 Å². The zero-order valence-electron chi connectivity index (χ0n) is 4.55. The molecule has 0 aromatic heterocycles. The van der Waals surface area contributed by atoms with Crippen LogP contribution in [0.1, 0.15) is 12.8 Å². The lowest BCUT2D eigenvalue weighted by Gasteiger charge is -2.00. The maximum Gasteiger partial charge on any atom is 0.177 e. The molecule has 3 nitrogen and oxygen atoms in total. The van der Waals surface area contributed by atoms with Gasteiger partial charge in [-0.05, 0) is 12.8 Å². The van der Waals surface area contributed by atoms with Gasteiger partial charge in [0.2, 0.25) is 0 Å². The molecule has 0 aliphatic heterocycles. The summed E-state index contributed by atoms with van der Waals surface area (Å²) in [6, 6.07) is 0. The standard InChI is InChI=1S/C5H9NO2/c6-3-4(7)5(8)1-2-5/h8H,1-3,6H2. The Hall–Kier alpha value is -0.410. The van der Waals surface area contributed by atoms with Gasteiger partial charge in [0.15, 0.2) is 5.78 Å². The fraction of sp³-hybridized carbons (Fsp3) is 0.800. The Kier molecular flexibility index (Phi) is 1.10. The molecule has 0 heterocycles. The SMILES string of the molecule is NCC(=O)C1(O)CC1. The molecular formula is C5H9NO2. The van der Waals surface area contributed by atoms with E-state index in [-0.39, 0.29) is 12.3 Å². The van der Waals surface area contributed by atoms with E-state index in [2.05, 4.69) is 0 Å². The predicted octanol–water partition coefficient (Wildman–Crippen LogP) is -0.961. The van der Waals surface area contributed by atoms with E-state index in [0.717, 1.165) is 0 Å². The molecule has 0 bridgehead atoms. The molecule has 0 saturated heterocycles. The first-order valence-corrected chi connectivity index (χ1v) is 2.65. The van der Waals surface area contributed by atoms with Crippen molar-refractivity contribution < 1.29 is 9.90 Å². The maximum atomic E-state index is 10.5. The number of ketones is 1. The van der Waals surface area contributed by atoms with Crippen LogP contribution in [0.4, 0.5) is 0 Å². The van der Waals surface area contributed by atoms with Crippen molar-refractivity contribution in [2.75, 3.05) is 6.54 Å². The van der Waals surface area contributed by atoms with Gasteiger partial charge >= 0.3 is 0 Å². The van der Waals surface area contributed by atoms with E-state index in [9.17, 15) is 4.79 Å². The van der Waals surface area contributed by atoms with Crippen LogP contribution < -0.4 is 5.73 Å². The summed E-state index contributed by atoms with van der Waals surface area (Å²) >= 11 is 0. The largest absolute Gasteiger partial charge is 0.382 e. The minimum absolute atomic E-state index is 0.0313. The van der Waals surface area contributed by atoms with Crippen molar-refractivity contribution in [3.05, 3.63) is 0 Å². The van der Waals surface area contributed by atoms with E-state index < -0.39 is 5.60 Å². The highest BCUT2D eigenvalue weighted by Gasteiger charge is 2.46. The Morgan fingerprint density at radius 2 is 2.25 bits per heavy atom. The summed E-state index contributed by atoms with van der Waals surface area (Å²) in [5.41, 5.74) is 3.98. The van der Waals surface area contributed by atoms with Crippen molar-refractivity contribution in [3.8, 4) is 0 Å². The van der Waals surface area contributed by atoms with Crippen LogP contribution in [0.3, 0.4) is 0 Å². The van der Waals surface area contributed by atoms with Crippen LogP contribution in [-0.2, 0) is 4.79 Å². The van der Waals surface area contributed by atoms with Gasteiger partial charge in [-0.2, -0.15) is 0 Å². The summed E-state index contributed by atoms with van der Waals surface area (Å²) in [4.78, 5) is 10.5. The molecule has 46 valence electrons. The Bertz CT molecular complexity index is 118. The molecule has 1 fully saturated rings. The number of rotatable bonds is 2. The molecule has 0 unspecified atom stereocenters. The summed E-state index contributed by atoms with van der Waals surface area (Å²) in [5.74, 6) is -0.225. The normalized spacial score (nSPS) is 22.8. The third-order valence-electron chi connectivity index (χ3n) is 1.43. The lowest BCUT2D eigenvalue weighted by atomic mass is 10.2. The number of aliphatic hydroxyl groups is 1. The zero-order chi connectivity index (χ0) is 6.20. The highest BCUT2D eigenvalue weighted by molar-refractivity contribution is 5.91. The Morgan fingerprint density at radius 3 is 2.38 bits per heavy atom. The van der Waals surface area contributed by atoms with E-state index in [1.54, 1.807) is 0 Å². The number of nitrogens with two attached hydrogens (primary N) is 1. The second kappa shape index (κ2) is 1.53. The molecule has 3 heteroatoms. The summed E-state index contributed by atoms with van der Waals surface area (Å²) in [7, 11) is 0.